The molecule has 0 radical (unpaired) electrons. The fraction of sp³-hybridized carbons (Fsp3) is 0.667. The number of benzene rings is 1. The summed E-state index contributed by atoms with van der Waals surface area (Å²) >= 11 is 1.82. The highest BCUT2D eigenvalue weighted by Gasteiger charge is 2.34. The molecule has 0 N–H and O–H groups in total. The first kappa shape index (κ1) is 20.4. The molecule has 2 rings (SSSR count). The van der Waals surface area contributed by atoms with Crippen LogP contribution in [-0.4, -0.2) is 50.0 Å². The van der Waals surface area contributed by atoms with E-state index < -0.39 is 10.0 Å². The van der Waals surface area contributed by atoms with E-state index in [1.807, 2.05) is 11.8 Å². The second-order valence-corrected chi connectivity index (χ2v) is 10.9. The molecular formula is C18H29NO4S2. The summed E-state index contributed by atoms with van der Waals surface area (Å²) in [5.41, 5.74) is 0. The monoisotopic (exact) mass is 387 g/mol. The maximum absolute atomic E-state index is 13.2. The van der Waals surface area contributed by atoms with Gasteiger partial charge in [0.05, 0.1) is 19.1 Å². The van der Waals surface area contributed by atoms with Gasteiger partial charge in [-0.1, -0.05) is 27.2 Å². The number of hydrogen-bond acceptors (Lipinski definition) is 5. The van der Waals surface area contributed by atoms with Crippen LogP contribution in [0.15, 0.2) is 23.1 Å². The van der Waals surface area contributed by atoms with Gasteiger partial charge in [-0.3, -0.25) is 0 Å². The van der Waals surface area contributed by atoms with Gasteiger partial charge < -0.3 is 9.47 Å². The number of rotatable bonds is 6. The van der Waals surface area contributed by atoms with E-state index in [4.69, 9.17) is 9.47 Å². The molecule has 0 unspecified atom stereocenters. The lowest BCUT2D eigenvalue weighted by atomic mass is 10.1. The Hall–Kier alpha value is -0.920. The van der Waals surface area contributed by atoms with E-state index in [9.17, 15) is 8.42 Å². The van der Waals surface area contributed by atoms with Crippen LogP contribution in [0.5, 0.6) is 11.5 Å². The molecule has 7 heteroatoms. The van der Waals surface area contributed by atoms with E-state index in [1.54, 1.807) is 22.5 Å². The molecule has 1 fully saturated rings. The normalized spacial score (nSPS) is 19.6. The zero-order chi connectivity index (χ0) is 18.7. The zero-order valence-corrected chi connectivity index (χ0v) is 17.4. The number of piperidine rings is 1. The summed E-state index contributed by atoms with van der Waals surface area (Å²) in [5, 5.41) is 0. The van der Waals surface area contributed by atoms with Crippen LogP contribution in [0.25, 0.3) is 0 Å². The third kappa shape index (κ3) is 5.05. The highest BCUT2D eigenvalue weighted by molar-refractivity contribution is 8.00. The first-order chi connectivity index (χ1) is 11.7. The van der Waals surface area contributed by atoms with Crippen molar-refractivity contribution < 1.29 is 17.9 Å². The first-order valence-electron chi connectivity index (χ1n) is 8.57. The van der Waals surface area contributed by atoms with Gasteiger partial charge in [0.25, 0.3) is 0 Å². The largest absolute Gasteiger partial charge is 0.493 e. The summed E-state index contributed by atoms with van der Waals surface area (Å²) in [7, 11) is -0.502. The summed E-state index contributed by atoms with van der Waals surface area (Å²) in [6.07, 6.45) is 2.89. The lowest BCUT2D eigenvalue weighted by molar-refractivity contribution is 0.272. The van der Waals surface area contributed by atoms with E-state index >= 15 is 0 Å². The minimum absolute atomic E-state index is 0.0380. The molecule has 5 nitrogen and oxygen atoms in total. The number of nitrogens with zero attached hydrogens (tertiary/aromatic N) is 1. The van der Waals surface area contributed by atoms with Crippen LogP contribution >= 0.6 is 11.8 Å². The third-order valence-electron chi connectivity index (χ3n) is 4.24. The van der Waals surface area contributed by atoms with Crippen molar-refractivity contribution in [2.75, 3.05) is 26.5 Å². The summed E-state index contributed by atoms with van der Waals surface area (Å²) in [5.74, 6) is 1.77. The second-order valence-electron chi connectivity index (χ2n) is 7.21. The fourth-order valence-electron chi connectivity index (χ4n) is 2.92. The third-order valence-corrected chi connectivity index (χ3v) is 7.61. The topological polar surface area (TPSA) is 55.8 Å². The van der Waals surface area contributed by atoms with Crippen LogP contribution in [0.4, 0.5) is 0 Å². The van der Waals surface area contributed by atoms with Crippen molar-refractivity contribution in [3.63, 3.8) is 0 Å². The summed E-state index contributed by atoms with van der Waals surface area (Å²) < 4.78 is 38.7. The Kier molecular flexibility index (Phi) is 6.68. The molecule has 1 aromatic rings. The molecule has 1 atom stereocenters. The maximum Gasteiger partial charge on any atom is 0.243 e. The minimum atomic E-state index is -3.55. The predicted molar refractivity (Wildman–Crippen MR) is 103 cm³/mol. The van der Waals surface area contributed by atoms with Crippen molar-refractivity contribution >= 4 is 21.8 Å². The summed E-state index contributed by atoms with van der Waals surface area (Å²) in [4.78, 5) is 0.262. The molecule has 0 aromatic heterocycles. The maximum atomic E-state index is 13.2. The van der Waals surface area contributed by atoms with Gasteiger partial charge in [0.15, 0.2) is 11.5 Å². The van der Waals surface area contributed by atoms with E-state index in [1.165, 1.54) is 14.2 Å². The van der Waals surface area contributed by atoms with Crippen molar-refractivity contribution in [1.29, 1.82) is 0 Å². The van der Waals surface area contributed by atoms with Crippen LogP contribution in [0.2, 0.25) is 0 Å². The average molecular weight is 388 g/mol. The molecule has 1 aromatic carbocycles. The van der Waals surface area contributed by atoms with Crippen molar-refractivity contribution in [2.24, 2.45) is 0 Å². The average Bonchev–Trinajstić information content (AvgIpc) is 2.58. The Morgan fingerprint density at radius 3 is 2.44 bits per heavy atom. The van der Waals surface area contributed by atoms with Crippen molar-refractivity contribution in [1.82, 2.24) is 4.31 Å². The molecule has 0 bridgehead atoms. The highest BCUT2D eigenvalue weighted by atomic mass is 32.2. The molecule has 0 aliphatic carbocycles. The zero-order valence-electron chi connectivity index (χ0n) is 15.7. The number of sulfonamides is 1. The van der Waals surface area contributed by atoms with Crippen LogP contribution < -0.4 is 9.47 Å². The van der Waals surface area contributed by atoms with Gasteiger partial charge in [0.2, 0.25) is 10.0 Å². The van der Waals surface area contributed by atoms with Crippen LogP contribution in [0, 0.1) is 0 Å². The quantitative estimate of drug-likeness (QED) is 0.743. The molecule has 1 aliphatic rings. The standard InChI is InChI=1S/C18H29NO4S2/c1-18(2,3)24-13-14-8-6-7-11-19(14)25(20,21)15-9-10-16(22-4)17(12-15)23-5/h9-10,12,14H,6-8,11,13H2,1-5H3/t14-/m0/s1. The molecule has 0 amide bonds. The Morgan fingerprint density at radius 1 is 1.16 bits per heavy atom. The molecule has 0 spiro atoms. The van der Waals surface area contributed by atoms with Gasteiger partial charge in [-0.2, -0.15) is 16.1 Å². The molecule has 142 valence electrons. The van der Waals surface area contributed by atoms with Crippen LogP contribution in [0.3, 0.4) is 0 Å². The molecule has 1 saturated heterocycles. The Morgan fingerprint density at radius 2 is 1.84 bits per heavy atom. The van der Waals surface area contributed by atoms with Crippen molar-refractivity contribution in [3.8, 4) is 11.5 Å². The number of hydrogen-bond donors (Lipinski definition) is 0. The fourth-order valence-corrected chi connectivity index (χ4v) is 5.76. The molecule has 0 saturated carbocycles. The molecule has 25 heavy (non-hydrogen) atoms. The number of methoxy groups -OCH3 is 2. The molecule has 1 aliphatic heterocycles. The van der Waals surface area contributed by atoms with E-state index in [0.717, 1.165) is 25.0 Å². The number of thioether (sulfide) groups is 1. The van der Waals surface area contributed by atoms with Gasteiger partial charge >= 0.3 is 0 Å². The molecule has 1 heterocycles. The summed E-state index contributed by atoms with van der Waals surface area (Å²) in [6.45, 7) is 7.06. The Labute approximate surface area is 156 Å². The van der Waals surface area contributed by atoms with Gasteiger partial charge in [0, 0.05) is 29.2 Å². The van der Waals surface area contributed by atoms with Crippen molar-refractivity contribution in [3.05, 3.63) is 18.2 Å². The van der Waals surface area contributed by atoms with Crippen molar-refractivity contribution in [2.45, 2.75) is 55.7 Å². The predicted octanol–water partition coefficient (Wildman–Crippen LogP) is 3.78. The lowest BCUT2D eigenvalue weighted by Gasteiger charge is -2.36. The SMILES string of the molecule is COc1ccc(S(=O)(=O)N2CCCC[C@H]2CSC(C)(C)C)cc1OC. The summed E-state index contributed by atoms with van der Waals surface area (Å²) in [6, 6.07) is 4.83. The smallest absolute Gasteiger partial charge is 0.243 e. The minimum Gasteiger partial charge on any atom is -0.493 e. The Bertz CT molecular complexity index is 683. The second kappa shape index (κ2) is 8.18. The van der Waals surface area contributed by atoms with Gasteiger partial charge in [-0.25, -0.2) is 8.42 Å². The van der Waals surface area contributed by atoms with E-state index in [-0.39, 0.29) is 15.7 Å². The van der Waals surface area contributed by atoms with Gasteiger partial charge in [-0.05, 0) is 25.0 Å². The van der Waals surface area contributed by atoms with E-state index in [2.05, 4.69) is 20.8 Å². The Balaban J connectivity index is 2.29. The first-order valence-corrected chi connectivity index (χ1v) is 11.0. The van der Waals surface area contributed by atoms with Crippen LogP contribution in [0.1, 0.15) is 40.0 Å². The van der Waals surface area contributed by atoms with Crippen LogP contribution in [-0.2, 0) is 10.0 Å². The van der Waals surface area contributed by atoms with E-state index in [0.29, 0.717) is 18.0 Å². The molecular weight excluding hydrogens is 358 g/mol. The highest BCUT2D eigenvalue weighted by Crippen LogP contribution is 2.34. The number of ether oxygens (including phenoxy) is 2. The van der Waals surface area contributed by atoms with Gasteiger partial charge in [0.1, 0.15) is 0 Å². The van der Waals surface area contributed by atoms with Gasteiger partial charge in [-0.15, -0.1) is 0 Å². The lowest BCUT2D eigenvalue weighted by Crippen LogP contribution is -2.45.